The normalized spacial score (nSPS) is 12.9. The highest BCUT2D eigenvalue weighted by Crippen LogP contribution is 2.31. The van der Waals surface area contributed by atoms with Crippen LogP contribution in [0.15, 0.2) is 88.1 Å². The lowest BCUT2D eigenvalue weighted by Gasteiger charge is -2.10. The molecule has 0 aliphatic rings. The zero-order valence-electron chi connectivity index (χ0n) is 19.0. The molecule has 7 nitrogen and oxygen atoms in total. The zero-order valence-corrected chi connectivity index (χ0v) is 19.0. The Balaban J connectivity index is 1.82. The lowest BCUT2D eigenvalue weighted by molar-refractivity contribution is -0.274. The van der Waals surface area contributed by atoms with Crippen molar-refractivity contribution in [2.45, 2.75) is 18.7 Å². The largest absolute Gasteiger partial charge is 0.573 e. The van der Waals surface area contributed by atoms with Gasteiger partial charge in [0.2, 0.25) is 0 Å². The van der Waals surface area contributed by atoms with E-state index in [0.717, 1.165) is 72.8 Å². The zero-order chi connectivity index (χ0) is 28.8. The van der Waals surface area contributed by atoms with Gasteiger partial charge in [-0.3, -0.25) is 10.2 Å². The third-order valence-corrected chi connectivity index (χ3v) is 4.51. The number of amidine groups is 1. The summed E-state index contributed by atoms with van der Waals surface area (Å²) in [7, 11) is 0. The van der Waals surface area contributed by atoms with Crippen LogP contribution in [0.5, 0.6) is 5.75 Å². The van der Waals surface area contributed by atoms with Gasteiger partial charge in [0.25, 0.3) is 11.7 Å². The summed E-state index contributed by atoms with van der Waals surface area (Å²) in [5.41, 5.74) is 0.265. The van der Waals surface area contributed by atoms with Crippen molar-refractivity contribution in [3.63, 3.8) is 0 Å². The number of amides is 1. The van der Waals surface area contributed by atoms with Gasteiger partial charge in [-0.25, -0.2) is 0 Å². The molecule has 206 valence electrons. The Bertz CT molecular complexity index is 1330. The summed E-state index contributed by atoms with van der Waals surface area (Å²) in [6.07, 6.45) is -14.1. The molecule has 0 aliphatic carbocycles. The van der Waals surface area contributed by atoms with Crippen LogP contribution in [0.25, 0.3) is 0 Å². The van der Waals surface area contributed by atoms with E-state index in [1.54, 1.807) is 0 Å². The molecule has 0 atom stereocenters. The molecule has 0 radical (unpaired) electrons. The number of hydrogen-bond donors (Lipinski definition) is 2. The lowest BCUT2D eigenvalue weighted by atomic mass is 10.2. The van der Waals surface area contributed by atoms with Gasteiger partial charge in [0.1, 0.15) is 5.75 Å². The average Bonchev–Trinajstić information content (AvgIpc) is 2.84. The second-order valence-electron chi connectivity index (χ2n) is 7.39. The molecule has 16 heteroatoms. The van der Waals surface area contributed by atoms with E-state index in [9.17, 15) is 44.3 Å². The van der Waals surface area contributed by atoms with Gasteiger partial charge < -0.3 is 10.1 Å². The summed E-state index contributed by atoms with van der Waals surface area (Å²) in [6, 6.07) is 10.8. The van der Waals surface area contributed by atoms with Crippen LogP contribution in [0.1, 0.15) is 11.1 Å². The van der Waals surface area contributed by atoms with Crippen molar-refractivity contribution in [3.8, 4) is 5.75 Å². The molecule has 0 saturated heterocycles. The fourth-order valence-electron chi connectivity index (χ4n) is 2.72. The van der Waals surface area contributed by atoms with Gasteiger partial charge in [0.05, 0.1) is 22.5 Å². The Morgan fingerprint density at radius 2 is 1.15 bits per heavy atom. The number of alkyl halides is 9. The number of rotatable bonds is 5. The van der Waals surface area contributed by atoms with E-state index >= 15 is 0 Å². The second-order valence-corrected chi connectivity index (χ2v) is 7.39. The van der Waals surface area contributed by atoms with Gasteiger partial charge in [-0.05, 0) is 72.8 Å². The summed E-state index contributed by atoms with van der Waals surface area (Å²) >= 11 is 0. The fourth-order valence-corrected chi connectivity index (χ4v) is 2.72. The fraction of sp³-hybridized carbons (Fsp3) is 0.130. The van der Waals surface area contributed by atoms with Crippen LogP contribution in [0.4, 0.5) is 56.6 Å². The van der Waals surface area contributed by atoms with E-state index in [2.05, 4.69) is 30.8 Å². The van der Waals surface area contributed by atoms with E-state index in [0.29, 0.717) is 0 Å². The molecule has 0 aliphatic heterocycles. The van der Waals surface area contributed by atoms with Crippen molar-refractivity contribution >= 4 is 28.8 Å². The topological polar surface area (TPSA) is 87.4 Å². The first-order valence-electron chi connectivity index (χ1n) is 10.4. The molecule has 2 N–H and O–H groups in total. The number of ether oxygens (including phenoxy) is 1. The van der Waals surface area contributed by atoms with E-state index < -0.39 is 47.3 Å². The molecule has 0 aromatic heterocycles. The third-order valence-electron chi connectivity index (χ3n) is 4.51. The van der Waals surface area contributed by atoms with Crippen molar-refractivity contribution in [1.82, 2.24) is 0 Å². The first-order chi connectivity index (χ1) is 18.1. The Hall–Kier alpha value is -4.63. The van der Waals surface area contributed by atoms with Gasteiger partial charge in [0.15, 0.2) is 0 Å². The number of azo groups is 1. The molecular formula is C23H14F9N5O2. The van der Waals surface area contributed by atoms with Crippen LogP contribution in [0.3, 0.4) is 0 Å². The van der Waals surface area contributed by atoms with Crippen molar-refractivity contribution < 1.29 is 49.0 Å². The minimum Gasteiger partial charge on any atom is -0.406 e. The standard InChI is InChI=1S/C23H14F9N5O2/c24-21(25,26)13-1-5-16(6-2-13)34-36-19(37-35-17-7-3-14(4-8-17)22(27,28)29)20(38)33-15-9-11-18(12-10-15)39-23(30,31)32/h1-12,34H,(H,33,38)/b36-19-,37-35?. The molecule has 0 unspecified atom stereocenters. The Morgan fingerprint density at radius 3 is 1.64 bits per heavy atom. The van der Waals surface area contributed by atoms with E-state index in [4.69, 9.17) is 0 Å². The van der Waals surface area contributed by atoms with Gasteiger partial charge in [-0.2, -0.15) is 26.3 Å². The molecule has 0 heterocycles. The van der Waals surface area contributed by atoms with Crippen LogP contribution in [-0.2, 0) is 17.1 Å². The molecule has 0 saturated carbocycles. The summed E-state index contributed by atoms with van der Waals surface area (Å²) in [6.45, 7) is 0. The van der Waals surface area contributed by atoms with E-state index in [1.165, 1.54) is 0 Å². The minimum atomic E-state index is -4.94. The summed E-state index contributed by atoms with van der Waals surface area (Å²) in [5, 5.41) is 13.2. The molecule has 39 heavy (non-hydrogen) atoms. The number of carbonyl (C=O) groups excluding carboxylic acids is 1. The summed E-state index contributed by atoms with van der Waals surface area (Å²) in [4.78, 5) is 12.7. The molecule has 0 spiro atoms. The number of benzene rings is 3. The number of carbonyl (C=O) groups is 1. The number of nitrogens with one attached hydrogen (secondary N) is 2. The second kappa shape index (κ2) is 11.4. The van der Waals surface area contributed by atoms with Crippen LogP contribution in [0.2, 0.25) is 0 Å². The highest BCUT2D eigenvalue weighted by molar-refractivity contribution is 6.42. The summed E-state index contributed by atoms with van der Waals surface area (Å²) < 4.78 is 117. The third kappa shape index (κ3) is 9.01. The van der Waals surface area contributed by atoms with Gasteiger partial charge in [-0.15, -0.1) is 28.5 Å². The number of anilines is 2. The average molecular weight is 563 g/mol. The molecular weight excluding hydrogens is 549 g/mol. The number of hydrogen-bond acceptors (Lipinski definition) is 5. The lowest BCUT2D eigenvalue weighted by Crippen LogP contribution is -2.22. The number of hydrazone groups is 1. The van der Waals surface area contributed by atoms with Crippen molar-refractivity contribution in [2.24, 2.45) is 15.3 Å². The Kier molecular flexibility index (Phi) is 8.46. The van der Waals surface area contributed by atoms with E-state index in [1.807, 2.05) is 0 Å². The smallest absolute Gasteiger partial charge is 0.406 e. The molecule has 0 bridgehead atoms. The maximum Gasteiger partial charge on any atom is 0.573 e. The van der Waals surface area contributed by atoms with Crippen LogP contribution in [0, 0.1) is 0 Å². The van der Waals surface area contributed by atoms with Crippen molar-refractivity contribution in [1.29, 1.82) is 0 Å². The molecule has 1 amide bonds. The van der Waals surface area contributed by atoms with Gasteiger partial charge in [-0.1, -0.05) is 0 Å². The maximum atomic E-state index is 12.8. The van der Waals surface area contributed by atoms with Crippen molar-refractivity contribution in [2.75, 3.05) is 10.7 Å². The Labute approximate surface area is 213 Å². The number of nitrogens with zero attached hydrogens (tertiary/aromatic N) is 3. The van der Waals surface area contributed by atoms with Gasteiger partial charge in [0, 0.05) is 5.69 Å². The highest BCUT2D eigenvalue weighted by atomic mass is 19.4. The van der Waals surface area contributed by atoms with Crippen LogP contribution < -0.4 is 15.5 Å². The summed E-state index contributed by atoms with van der Waals surface area (Å²) in [5.74, 6) is -2.37. The van der Waals surface area contributed by atoms with Crippen molar-refractivity contribution in [3.05, 3.63) is 83.9 Å². The minimum absolute atomic E-state index is 0.00619. The highest BCUT2D eigenvalue weighted by Gasteiger charge is 2.32. The SMILES string of the molecule is O=C(Nc1ccc(OC(F)(F)F)cc1)/C(N=Nc1ccc(C(F)(F)F)cc1)=N/Nc1ccc(C(F)(F)F)cc1. The maximum absolute atomic E-state index is 12.8. The first kappa shape index (κ1) is 28.9. The van der Waals surface area contributed by atoms with Gasteiger partial charge >= 0.3 is 18.7 Å². The predicted molar refractivity (Wildman–Crippen MR) is 120 cm³/mol. The Morgan fingerprint density at radius 1 is 0.667 bits per heavy atom. The van der Waals surface area contributed by atoms with Crippen LogP contribution in [-0.4, -0.2) is 18.1 Å². The molecule has 0 fully saturated rings. The van der Waals surface area contributed by atoms with E-state index in [-0.39, 0.29) is 17.1 Å². The predicted octanol–water partition coefficient (Wildman–Crippen LogP) is 7.77. The molecule has 3 rings (SSSR count). The first-order valence-corrected chi connectivity index (χ1v) is 10.4. The number of halogens is 9. The van der Waals surface area contributed by atoms with Crippen LogP contribution >= 0.6 is 0 Å². The molecule has 3 aromatic carbocycles. The monoisotopic (exact) mass is 563 g/mol. The molecule has 3 aromatic rings. The quantitative estimate of drug-likeness (QED) is 0.109.